The number of benzene rings is 2. The number of pyridine rings is 1. The molecule has 0 bridgehead atoms. The highest BCUT2D eigenvalue weighted by Crippen LogP contribution is 2.24. The summed E-state index contributed by atoms with van der Waals surface area (Å²) in [5.74, 6) is -1.14. The third kappa shape index (κ3) is 12.9. The lowest BCUT2D eigenvalue weighted by Crippen LogP contribution is -2.48. The van der Waals surface area contributed by atoms with Gasteiger partial charge in [0.2, 0.25) is 11.8 Å². The molecule has 3 amide bonds. The second kappa shape index (κ2) is 19.2. The van der Waals surface area contributed by atoms with Crippen LogP contribution in [0.3, 0.4) is 0 Å². The van der Waals surface area contributed by atoms with Crippen LogP contribution in [0.15, 0.2) is 91.6 Å². The van der Waals surface area contributed by atoms with Crippen molar-refractivity contribution in [3.05, 3.63) is 97.2 Å². The monoisotopic (exact) mass is 615 g/mol. The SMILES string of the molecule is C=CCOC(=O)NCCCC[C@H](NC(=O)CCCNc1ccccn1)C(=O)NC(CC(=O)O)c1ccc(-c2ccccc2)cc1. The molecule has 2 atom stereocenters. The fourth-order valence-electron chi connectivity index (χ4n) is 4.56. The summed E-state index contributed by atoms with van der Waals surface area (Å²) in [7, 11) is 0. The van der Waals surface area contributed by atoms with Gasteiger partial charge in [0.05, 0.1) is 12.5 Å². The van der Waals surface area contributed by atoms with Gasteiger partial charge in [-0.1, -0.05) is 73.3 Å². The van der Waals surface area contributed by atoms with Gasteiger partial charge in [0.15, 0.2) is 0 Å². The number of alkyl carbamates (subject to hydrolysis) is 1. The number of carboxylic acids is 1. The highest BCUT2D eigenvalue weighted by Gasteiger charge is 2.25. The van der Waals surface area contributed by atoms with Crippen molar-refractivity contribution >= 4 is 29.7 Å². The van der Waals surface area contributed by atoms with E-state index in [1.54, 1.807) is 18.3 Å². The smallest absolute Gasteiger partial charge is 0.407 e. The highest BCUT2D eigenvalue weighted by molar-refractivity contribution is 5.88. The van der Waals surface area contributed by atoms with Crippen molar-refractivity contribution in [1.82, 2.24) is 20.9 Å². The normalized spacial score (nSPS) is 11.8. The molecule has 11 nitrogen and oxygen atoms in total. The Labute approximate surface area is 263 Å². The van der Waals surface area contributed by atoms with Gasteiger partial charge >= 0.3 is 12.1 Å². The maximum atomic E-state index is 13.5. The number of carboxylic acid groups (broad SMARTS) is 1. The van der Waals surface area contributed by atoms with E-state index in [1.165, 1.54) is 6.08 Å². The molecule has 3 rings (SSSR count). The van der Waals surface area contributed by atoms with Crippen LogP contribution in [0, 0.1) is 0 Å². The molecule has 0 radical (unpaired) electrons. The lowest BCUT2D eigenvalue weighted by Gasteiger charge is -2.23. The Morgan fingerprint density at radius 3 is 2.29 bits per heavy atom. The maximum absolute atomic E-state index is 13.5. The number of carbonyl (C=O) groups is 4. The summed E-state index contributed by atoms with van der Waals surface area (Å²) in [6, 6.07) is 20.9. The summed E-state index contributed by atoms with van der Waals surface area (Å²) in [5, 5.41) is 21.0. The van der Waals surface area contributed by atoms with Gasteiger partial charge in [0.1, 0.15) is 18.5 Å². The predicted octanol–water partition coefficient (Wildman–Crippen LogP) is 4.84. The van der Waals surface area contributed by atoms with E-state index in [2.05, 4.69) is 32.8 Å². The molecule has 2 aromatic carbocycles. The number of rotatable bonds is 19. The molecule has 1 unspecified atom stereocenters. The average molecular weight is 616 g/mol. The van der Waals surface area contributed by atoms with Crippen LogP contribution in [-0.2, 0) is 19.1 Å². The quantitative estimate of drug-likeness (QED) is 0.0947. The van der Waals surface area contributed by atoms with Crippen LogP contribution in [0.2, 0.25) is 0 Å². The largest absolute Gasteiger partial charge is 0.481 e. The first-order valence-electron chi connectivity index (χ1n) is 15.0. The third-order valence-corrected chi connectivity index (χ3v) is 6.84. The Morgan fingerprint density at radius 1 is 0.867 bits per heavy atom. The zero-order chi connectivity index (χ0) is 32.3. The van der Waals surface area contributed by atoms with Gasteiger partial charge in [-0.15, -0.1) is 0 Å². The number of hydrogen-bond acceptors (Lipinski definition) is 7. The molecule has 238 valence electrons. The van der Waals surface area contributed by atoms with Crippen molar-refractivity contribution in [3.8, 4) is 11.1 Å². The number of anilines is 1. The molecule has 0 aliphatic rings. The second-order valence-electron chi connectivity index (χ2n) is 10.3. The molecular weight excluding hydrogens is 574 g/mol. The Bertz CT molecular complexity index is 1370. The van der Waals surface area contributed by atoms with E-state index in [-0.39, 0.29) is 25.4 Å². The molecule has 0 aliphatic carbocycles. The number of nitrogens with zero attached hydrogens (tertiary/aromatic N) is 1. The molecule has 0 saturated heterocycles. The predicted molar refractivity (Wildman–Crippen MR) is 172 cm³/mol. The molecule has 5 N–H and O–H groups in total. The molecule has 0 fully saturated rings. The standard InChI is InChI=1S/C34H41N5O6/c1-2-23-45-34(44)37-21-8-6-13-28(38-31(40)15-10-22-36-30-14-7-9-20-35-30)33(43)39-29(24-32(41)42)27-18-16-26(17-19-27)25-11-4-3-5-12-25/h2-5,7,9,11-12,14,16-20,28-29H,1,6,8,10,13,15,21-24H2,(H,35,36)(H,37,44)(H,38,40)(H,39,43)(H,41,42)/t28-,29?/m0/s1. The number of hydrogen-bond donors (Lipinski definition) is 5. The minimum absolute atomic E-state index is 0.101. The van der Waals surface area contributed by atoms with Gasteiger partial charge < -0.3 is 31.1 Å². The van der Waals surface area contributed by atoms with Crippen molar-refractivity contribution in [1.29, 1.82) is 0 Å². The lowest BCUT2D eigenvalue weighted by atomic mass is 9.98. The molecule has 45 heavy (non-hydrogen) atoms. The summed E-state index contributed by atoms with van der Waals surface area (Å²) in [5.41, 5.74) is 2.62. The number of carbonyl (C=O) groups excluding carboxylic acids is 3. The third-order valence-electron chi connectivity index (χ3n) is 6.84. The molecule has 0 saturated carbocycles. The van der Waals surface area contributed by atoms with Crippen LogP contribution in [0.1, 0.15) is 50.1 Å². The molecule has 1 heterocycles. The van der Waals surface area contributed by atoms with E-state index in [9.17, 15) is 24.3 Å². The van der Waals surface area contributed by atoms with E-state index in [4.69, 9.17) is 4.74 Å². The number of ether oxygens (including phenoxy) is 1. The van der Waals surface area contributed by atoms with Gasteiger partial charge in [0, 0.05) is 25.7 Å². The van der Waals surface area contributed by atoms with Crippen molar-refractivity contribution in [2.75, 3.05) is 25.0 Å². The summed E-state index contributed by atoms with van der Waals surface area (Å²) in [6.45, 7) is 4.44. The fraction of sp³-hybridized carbons (Fsp3) is 0.324. The summed E-state index contributed by atoms with van der Waals surface area (Å²) in [4.78, 5) is 53.9. The summed E-state index contributed by atoms with van der Waals surface area (Å²) < 4.78 is 4.89. The molecule has 0 aliphatic heterocycles. The minimum Gasteiger partial charge on any atom is -0.481 e. The Balaban J connectivity index is 1.62. The fourth-order valence-corrected chi connectivity index (χ4v) is 4.56. The number of unbranched alkanes of at least 4 members (excludes halogenated alkanes) is 1. The van der Waals surface area contributed by atoms with Crippen LogP contribution in [0.5, 0.6) is 0 Å². The zero-order valence-electron chi connectivity index (χ0n) is 25.2. The molecular formula is C34H41N5O6. The first kappa shape index (κ1) is 34.3. The first-order valence-corrected chi connectivity index (χ1v) is 15.0. The second-order valence-corrected chi connectivity index (χ2v) is 10.3. The number of aromatic nitrogens is 1. The topological polar surface area (TPSA) is 159 Å². The van der Waals surface area contributed by atoms with E-state index in [0.29, 0.717) is 50.2 Å². The average Bonchev–Trinajstić information content (AvgIpc) is 3.05. The molecule has 0 spiro atoms. The first-order chi connectivity index (χ1) is 21.9. The van der Waals surface area contributed by atoms with Crippen LogP contribution < -0.4 is 21.3 Å². The van der Waals surface area contributed by atoms with Crippen LogP contribution in [0.25, 0.3) is 11.1 Å². The molecule has 11 heteroatoms. The van der Waals surface area contributed by atoms with Crippen LogP contribution >= 0.6 is 0 Å². The summed E-state index contributed by atoms with van der Waals surface area (Å²) in [6.07, 6.45) is 4.29. The van der Waals surface area contributed by atoms with E-state index in [0.717, 1.165) is 11.1 Å². The van der Waals surface area contributed by atoms with Gasteiger partial charge in [-0.3, -0.25) is 14.4 Å². The highest BCUT2D eigenvalue weighted by atomic mass is 16.5. The van der Waals surface area contributed by atoms with E-state index >= 15 is 0 Å². The lowest BCUT2D eigenvalue weighted by molar-refractivity contribution is -0.138. The van der Waals surface area contributed by atoms with Crippen molar-refractivity contribution in [3.63, 3.8) is 0 Å². The van der Waals surface area contributed by atoms with Crippen molar-refractivity contribution < 1.29 is 29.0 Å². The minimum atomic E-state index is -1.07. The van der Waals surface area contributed by atoms with E-state index < -0.39 is 30.1 Å². The summed E-state index contributed by atoms with van der Waals surface area (Å²) >= 11 is 0. The zero-order valence-corrected chi connectivity index (χ0v) is 25.2. The number of nitrogens with one attached hydrogen (secondary N) is 4. The molecule has 3 aromatic rings. The van der Waals surface area contributed by atoms with Gasteiger partial charge in [0.25, 0.3) is 0 Å². The Kier molecular flexibility index (Phi) is 14.6. The maximum Gasteiger partial charge on any atom is 0.407 e. The number of aliphatic carboxylic acids is 1. The Morgan fingerprint density at radius 2 is 1.60 bits per heavy atom. The van der Waals surface area contributed by atoms with E-state index in [1.807, 2.05) is 60.7 Å². The van der Waals surface area contributed by atoms with Crippen molar-refractivity contribution in [2.24, 2.45) is 0 Å². The molecule has 1 aromatic heterocycles. The van der Waals surface area contributed by atoms with Gasteiger partial charge in [-0.05, 0) is 54.5 Å². The van der Waals surface area contributed by atoms with Crippen LogP contribution in [-0.4, -0.2) is 59.7 Å². The van der Waals surface area contributed by atoms with Crippen LogP contribution in [0.4, 0.5) is 10.6 Å². The van der Waals surface area contributed by atoms with Gasteiger partial charge in [-0.2, -0.15) is 0 Å². The number of amides is 3. The van der Waals surface area contributed by atoms with Gasteiger partial charge in [-0.25, -0.2) is 9.78 Å². The van der Waals surface area contributed by atoms with Crippen molar-refractivity contribution in [2.45, 2.75) is 50.6 Å². The Hall–Kier alpha value is -5.19.